The first-order valence-corrected chi connectivity index (χ1v) is 8.71. The van der Waals surface area contributed by atoms with E-state index in [1.165, 1.54) is 7.05 Å². The summed E-state index contributed by atoms with van der Waals surface area (Å²) in [7, 11) is 1.34. The second-order valence-corrected chi connectivity index (χ2v) is 7.22. The van der Waals surface area contributed by atoms with Crippen LogP contribution >= 0.6 is 11.3 Å². The number of carbonyl (C=O) groups excluding carboxylic acids is 3. The molecule has 2 fully saturated rings. The van der Waals surface area contributed by atoms with Gasteiger partial charge in [0.1, 0.15) is 6.04 Å². The van der Waals surface area contributed by atoms with Crippen LogP contribution in [0.25, 0.3) is 10.2 Å². The molecule has 1 aromatic heterocycles. The SMILES string of the molecule is CN1C(=O)C(=O)N(C[NH+]2CCC[C@@H]2c2nc3ccccc3s2)C1=O. The number of likely N-dealkylation sites (N-methyl/N-ethyl adjacent to an activating group) is 1. The molecule has 0 radical (unpaired) electrons. The van der Waals surface area contributed by atoms with Crippen molar-refractivity contribution in [2.75, 3.05) is 20.3 Å². The van der Waals surface area contributed by atoms with Gasteiger partial charge in [-0.1, -0.05) is 12.1 Å². The second-order valence-electron chi connectivity index (χ2n) is 6.16. The molecule has 1 N–H and O–H groups in total. The Bertz CT molecular complexity index is 816. The number of carbonyl (C=O) groups is 3. The van der Waals surface area contributed by atoms with Crippen LogP contribution < -0.4 is 4.90 Å². The molecule has 1 unspecified atom stereocenters. The van der Waals surface area contributed by atoms with Crippen LogP contribution in [0.4, 0.5) is 4.79 Å². The summed E-state index contributed by atoms with van der Waals surface area (Å²) in [6, 6.07) is 7.62. The number of nitrogens with zero attached hydrogens (tertiary/aromatic N) is 3. The molecule has 1 aromatic carbocycles. The van der Waals surface area contributed by atoms with Crippen molar-refractivity contribution in [2.24, 2.45) is 0 Å². The summed E-state index contributed by atoms with van der Waals surface area (Å²) < 4.78 is 1.14. The summed E-state index contributed by atoms with van der Waals surface area (Å²) >= 11 is 1.66. The Morgan fingerprint density at radius 3 is 2.75 bits per heavy atom. The quantitative estimate of drug-likeness (QED) is 0.645. The van der Waals surface area contributed by atoms with Gasteiger partial charge in [0.05, 0.1) is 16.8 Å². The van der Waals surface area contributed by atoms with Gasteiger partial charge in [0, 0.05) is 19.9 Å². The zero-order valence-corrected chi connectivity index (χ0v) is 14.0. The van der Waals surface area contributed by atoms with E-state index in [1.807, 2.05) is 24.3 Å². The molecule has 0 aliphatic carbocycles. The van der Waals surface area contributed by atoms with E-state index in [1.54, 1.807) is 11.3 Å². The lowest BCUT2D eigenvalue weighted by Gasteiger charge is -2.23. The summed E-state index contributed by atoms with van der Waals surface area (Å²) in [6.45, 7) is 1.07. The molecule has 24 heavy (non-hydrogen) atoms. The summed E-state index contributed by atoms with van der Waals surface area (Å²) in [4.78, 5) is 43.5. The van der Waals surface area contributed by atoms with Crippen LogP contribution in [0, 0.1) is 0 Å². The van der Waals surface area contributed by atoms with Gasteiger partial charge in [-0.15, -0.1) is 11.3 Å². The first-order valence-electron chi connectivity index (χ1n) is 7.90. The monoisotopic (exact) mass is 345 g/mol. The highest BCUT2D eigenvalue weighted by atomic mass is 32.1. The number of para-hydroxylation sites is 1. The number of amides is 4. The third kappa shape index (κ3) is 2.30. The smallest absolute Gasteiger partial charge is 0.309 e. The van der Waals surface area contributed by atoms with Crippen molar-refractivity contribution in [1.29, 1.82) is 0 Å². The van der Waals surface area contributed by atoms with Gasteiger partial charge in [0.15, 0.2) is 11.7 Å². The lowest BCUT2D eigenvalue weighted by atomic mass is 10.2. The third-order valence-corrected chi connectivity index (χ3v) is 5.85. The van der Waals surface area contributed by atoms with E-state index < -0.39 is 17.8 Å². The minimum absolute atomic E-state index is 0.156. The fourth-order valence-electron chi connectivity index (χ4n) is 3.39. The molecule has 3 heterocycles. The summed E-state index contributed by atoms with van der Waals surface area (Å²) in [6.07, 6.45) is 1.98. The summed E-state index contributed by atoms with van der Waals surface area (Å²) in [5.74, 6) is -1.49. The van der Waals surface area contributed by atoms with E-state index in [0.717, 1.165) is 49.3 Å². The second kappa shape index (κ2) is 5.64. The van der Waals surface area contributed by atoms with Crippen LogP contribution in [0.3, 0.4) is 0 Å². The molecule has 124 valence electrons. The van der Waals surface area contributed by atoms with Crippen LogP contribution in [-0.4, -0.2) is 52.9 Å². The first kappa shape index (κ1) is 15.2. The largest absolute Gasteiger partial charge is 0.338 e. The molecule has 0 spiro atoms. The highest BCUT2D eigenvalue weighted by molar-refractivity contribution is 7.18. The lowest BCUT2D eigenvalue weighted by molar-refractivity contribution is -0.925. The van der Waals surface area contributed by atoms with E-state index in [4.69, 9.17) is 4.98 Å². The molecule has 2 atom stereocenters. The zero-order valence-electron chi connectivity index (χ0n) is 13.2. The lowest BCUT2D eigenvalue weighted by Crippen LogP contribution is -3.12. The first-order chi connectivity index (χ1) is 11.6. The van der Waals surface area contributed by atoms with Gasteiger partial charge < -0.3 is 4.90 Å². The number of thiazole rings is 1. The van der Waals surface area contributed by atoms with E-state index >= 15 is 0 Å². The van der Waals surface area contributed by atoms with E-state index in [-0.39, 0.29) is 12.7 Å². The molecule has 4 rings (SSSR count). The Hall–Kier alpha value is -2.32. The number of benzene rings is 1. The van der Waals surface area contributed by atoms with E-state index in [9.17, 15) is 14.4 Å². The minimum atomic E-state index is -0.755. The van der Waals surface area contributed by atoms with E-state index in [0.29, 0.717) is 0 Å². The number of rotatable bonds is 3. The van der Waals surface area contributed by atoms with Gasteiger partial charge in [-0.2, -0.15) is 0 Å². The maximum absolute atomic E-state index is 12.1. The zero-order chi connectivity index (χ0) is 16.8. The predicted octanol–water partition coefficient (Wildman–Crippen LogP) is 0.394. The van der Waals surface area contributed by atoms with Crippen LogP contribution in [0.5, 0.6) is 0 Å². The summed E-state index contributed by atoms with van der Waals surface area (Å²) in [5, 5.41) is 1.03. The third-order valence-electron chi connectivity index (χ3n) is 4.70. The van der Waals surface area contributed by atoms with Crippen molar-refractivity contribution < 1.29 is 19.3 Å². The minimum Gasteiger partial charge on any atom is -0.309 e. The molecule has 2 saturated heterocycles. The predicted molar refractivity (Wildman–Crippen MR) is 87.3 cm³/mol. The van der Waals surface area contributed by atoms with Gasteiger partial charge in [-0.05, 0) is 12.1 Å². The average molecular weight is 345 g/mol. The number of urea groups is 1. The summed E-state index contributed by atoms with van der Waals surface area (Å²) in [5.41, 5.74) is 0.979. The fourth-order valence-corrected chi connectivity index (χ4v) is 4.56. The number of likely N-dealkylation sites (tertiary alicyclic amines) is 1. The van der Waals surface area contributed by atoms with Crippen molar-refractivity contribution in [3.63, 3.8) is 0 Å². The van der Waals surface area contributed by atoms with Crippen molar-refractivity contribution in [3.8, 4) is 0 Å². The topological polar surface area (TPSA) is 75.0 Å². The van der Waals surface area contributed by atoms with Crippen molar-refractivity contribution >= 4 is 39.4 Å². The molecule has 2 aromatic rings. The average Bonchev–Trinajstić information content (AvgIpc) is 3.26. The number of hydrogen-bond donors (Lipinski definition) is 1. The number of fused-ring (bicyclic) bond motifs is 1. The molecule has 0 bridgehead atoms. The molecule has 4 amide bonds. The molecular weight excluding hydrogens is 328 g/mol. The Labute approximate surface area is 142 Å². The number of quaternary nitrogens is 1. The molecule has 2 aliphatic heterocycles. The standard InChI is InChI=1S/C16H16N4O3S/c1-18-14(21)15(22)20(16(18)23)9-19-8-4-6-11(19)13-17-10-5-2-3-7-12(10)24-13/h2-3,5,7,11H,4,6,8-9H2,1H3/p+1/t11-/m1/s1. The van der Waals surface area contributed by atoms with Gasteiger partial charge in [-0.25, -0.2) is 14.7 Å². The molecule has 8 heteroatoms. The molecule has 7 nitrogen and oxygen atoms in total. The molecule has 0 saturated carbocycles. The van der Waals surface area contributed by atoms with Crippen molar-refractivity contribution in [2.45, 2.75) is 18.9 Å². The van der Waals surface area contributed by atoms with Gasteiger partial charge in [0.25, 0.3) is 0 Å². The Morgan fingerprint density at radius 1 is 1.25 bits per heavy atom. The van der Waals surface area contributed by atoms with E-state index in [2.05, 4.69) is 0 Å². The van der Waals surface area contributed by atoms with Gasteiger partial charge in [0.2, 0.25) is 0 Å². The van der Waals surface area contributed by atoms with Crippen LogP contribution in [-0.2, 0) is 9.59 Å². The van der Waals surface area contributed by atoms with Crippen LogP contribution in [0.15, 0.2) is 24.3 Å². The van der Waals surface area contributed by atoms with Crippen molar-refractivity contribution in [3.05, 3.63) is 29.3 Å². The highest BCUT2D eigenvalue weighted by Gasteiger charge is 2.46. The van der Waals surface area contributed by atoms with Gasteiger partial charge >= 0.3 is 17.8 Å². The number of aromatic nitrogens is 1. The number of nitrogens with one attached hydrogen (secondary N) is 1. The number of imide groups is 2. The van der Waals surface area contributed by atoms with Crippen LogP contribution in [0.2, 0.25) is 0 Å². The Balaban J connectivity index is 1.58. The van der Waals surface area contributed by atoms with Crippen LogP contribution in [0.1, 0.15) is 23.9 Å². The maximum Gasteiger partial charge on any atom is 0.338 e. The van der Waals surface area contributed by atoms with Gasteiger partial charge in [-0.3, -0.25) is 14.5 Å². The highest BCUT2D eigenvalue weighted by Crippen LogP contribution is 2.28. The number of hydrogen-bond acceptors (Lipinski definition) is 5. The Kier molecular flexibility index (Phi) is 3.58. The maximum atomic E-state index is 12.1. The fraction of sp³-hybridized carbons (Fsp3) is 0.375. The Morgan fingerprint density at radius 2 is 2.04 bits per heavy atom. The molecule has 2 aliphatic rings. The molecular formula is C16H17N4O3S+. The normalized spacial score (nSPS) is 24.6. The van der Waals surface area contributed by atoms with Crippen molar-refractivity contribution in [1.82, 2.24) is 14.8 Å².